The summed E-state index contributed by atoms with van der Waals surface area (Å²) in [6.07, 6.45) is 2.10. The molecule has 16 heavy (non-hydrogen) atoms. The summed E-state index contributed by atoms with van der Waals surface area (Å²) in [5.74, 6) is 0.168. The fourth-order valence-electron chi connectivity index (χ4n) is 2.05. The average Bonchev–Trinajstić information content (AvgIpc) is 2.23. The van der Waals surface area contributed by atoms with E-state index in [1.807, 2.05) is 6.07 Å². The number of aliphatic imine (C=N–C) groups is 1. The van der Waals surface area contributed by atoms with Crippen LogP contribution in [0.4, 0.5) is 0 Å². The van der Waals surface area contributed by atoms with Crippen LogP contribution >= 0.6 is 0 Å². The maximum Gasteiger partial charge on any atom is 0.185 e. The summed E-state index contributed by atoms with van der Waals surface area (Å²) < 4.78 is 0. The zero-order valence-corrected chi connectivity index (χ0v) is 9.32. The molecule has 1 unspecified atom stereocenters. The maximum absolute atomic E-state index is 5.37. The minimum atomic E-state index is 0.0609. The first-order chi connectivity index (χ1) is 7.70. The Morgan fingerprint density at radius 1 is 1.31 bits per heavy atom. The van der Waals surface area contributed by atoms with E-state index in [2.05, 4.69) is 34.6 Å². The van der Waals surface area contributed by atoms with E-state index in [9.17, 15) is 0 Å². The lowest BCUT2D eigenvalue weighted by Gasteiger charge is -2.42. The van der Waals surface area contributed by atoms with Gasteiger partial charge in [-0.15, -0.1) is 0 Å². The summed E-state index contributed by atoms with van der Waals surface area (Å²) >= 11 is 0. The van der Waals surface area contributed by atoms with Crippen LogP contribution in [0.15, 0.2) is 35.3 Å². The molecule has 1 saturated heterocycles. The van der Waals surface area contributed by atoms with Gasteiger partial charge in [-0.1, -0.05) is 30.3 Å². The average molecular weight is 218 g/mol. The lowest BCUT2D eigenvalue weighted by Crippen LogP contribution is -2.60. The van der Waals surface area contributed by atoms with E-state index in [1.165, 1.54) is 5.56 Å². The molecule has 4 nitrogen and oxygen atoms in total. The Balaban J connectivity index is 2.02. The molecule has 0 amide bonds. The quantitative estimate of drug-likeness (QED) is 0.500. The summed E-state index contributed by atoms with van der Waals surface area (Å²) in [7, 11) is 0. The van der Waals surface area contributed by atoms with Crippen LogP contribution < -0.4 is 16.8 Å². The van der Waals surface area contributed by atoms with Crippen LogP contribution in [0.1, 0.15) is 12.0 Å². The molecule has 0 bridgehead atoms. The molecule has 0 aliphatic carbocycles. The summed E-state index contributed by atoms with van der Waals surface area (Å²) in [6.45, 7) is 1.71. The molecule has 0 saturated carbocycles. The maximum atomic E-state index is 5.37. The van der Waals surface area contributed by atoms with Gasteiger partial charge in [0.05, 0.1) is 6.54 Å². The second-order valence-electron chi connectivity index (χ2n) is 4.36. The van der Waals surface area contributed by atoms with Crippen LogP contribution in [0.3, 0.4) is 0 Å². The number of nitrogens with one attached hydrogen (secondary N) is 1. The third kappa shape index (κ3) is 2.52. The van der Waals surface area contributed by atoms with Crippen LogP contribution in [-0.2, 0) is 6.42 Å². The Labute approximate surface area is 95.7 Å². The molecule has 1 aliphatic rings. The molecule has 1 aromatic carbocycles. The number of hydrogen-bond donors (Lipinski definition) is 3. The van der Waals surface area contributed by atoms with Gasteiger partial charge in [-0.3, -0.25) is 4.99 Å². The van der Waals surface area contributed by atoms with Crippen molar-refractivity contribution >= 4 is 5.96 Å². The molecule has 1 atom stereocenters. The number of nitrogens with two attached hydrogens (primary N) is 2. The zero-order valence-electron chi connectivity index (χ0n) is 9.32. The van der Waals surface area contributed by atoms with Gasteiger partial charge in [0.1, 0.15) is 0 Å². The summed E-state index contributed by atoms with van der Waals surface area (Å²) in [5.41, 5.74) is 12.1. The monoisotopic (exact) mass is 218 g/mol. The Morgan fingerprint density at radius 2 is 2.00 bits per heavy atom. The molecule has 0 aromatic heterocycles. The minimum absolute atomic E-state index is 0.0609. The highest BCUT2D eigenvalue weighted by Gasteiger charge is 2.36. The first-order valence-corrected chi connectivity index (χ1v) is 5.55. The molecular weight excluding hydrogens is 200 g/mol. The third-order valence-electron chi connectivity index (χ3n) is 3.05. The van der Waals surface area contributed by atoms with E-state index in [4.69, 9.17) is 11.5 Å². The standard InChI is InChI=1S/C12H18N4/c13-11(14)15-9-12(6-7-16-12)8-10-4-2-1-3-5-10/h1-5,16H,6-9H2,(H4,13,14,15). The number of rotatable bonds is 4. The molecule has 1 aromatic rings. The number of nitrogens with zero attached hydrogens (tertiary/aromatic N) is 1. The molecule has 1 fully saturated rings. The van der Waals surface area contributed by atoms with Gasteiger partial charge in [0.25, 0.3) is 0 Å². The summed E-state index contributed by atoms with van der Waals surface area (Å²) in [4.78, 5) is 4.12. The number of benzene rings is 1. The van der Waals surface area contributed by atoms with Crippen molar-refractivity contribution in [2.45, 2.75) is 18.4 Å². The van der Waals surface area contributed by atoms with Crippen LogP contribution in [0, 0.1) is 0 Å². The fraction of sp³-hybridized carbons (Fsp3) is 0.417. The normalized spacial score (nSPS) is 23.5. The smallest absolute Gasteiger partial charge is 0.185 e. The molecule has 4 heteroatoms. The predicted octanol–water partition coefficient (Wildman–Crippen LogP) is 0.235. The minimum Gasteiger partial charge on any atom is -0.370 e. The molecule has 0 spiro atoms. The van der Waals surface area contributed by atoms with Crippen LogP contribution in [0.25, 0.3) is 0 Å². The lowest BCUT2D eigenvalue weighted by molar-refractivity contribution is 0.215. The molecule has 86 valence electrons. The predicted molar refractivity (Wildman–Crippen MR) is 66.2 cm³/mol. The van der Waals surface area contributed by atoms with Gasteiger partial charge in [-0.05, 0) is 24.9 Å². The lowest BCUT2D eigenvalue weighted by atomic mass is 9.82. The van der Waals surface area contributed by atoms with E-state index in [0.29, 0.717) is 6.54 Å². The topological polar surface area (TPSA) is 76.4 Å². The molecule has 0 radical (unpaired) electrons. The van der Waals surface area contributed by atoms with Gasteiger partial charge >= 0.3 is 0 Å². The van der Waals surface area contributed by atoms with Crippen molar-refractivity contribution in [3.63, 3.8) is 0 Å². The second kappa shape index (κ2) is 4.53. The zero-order chi connectivity index (χ0) is 11.4. The van der Waals surface area contributed by atoms with Crippen LogP contribution in [0.5, 0.6) is 0 Å². The van der Waals surface area contributed by atoms with Gasteiger partial charge in [-0.2, -0.15) is 0 Å². The van der Waals surface area contributed by atoms with Crippen molar-refractivity contribution in [1.29, 1.82) is 0 Å². The van der Waals surface area contributed by atoms with E-state index in [-0.39, 0.29) is 11.5 Å². The van der Waals surface area contributed by atoms with Crippen LogP contribution in [-0.4, -0.2) is 24.6 Å². The van der Waals surface area contributed by atoms with Gasteiger partial charge in [0.2, 0.25) is 0 Å². The van der Waals surface area contributed by atoms with Gasteiger partial charge in [0, 0.05) is 5.54 Å². The van der Waals surface area contributed by atoms with E-state index in [1.54, 1.807) is 0 Å². The highest BCUT2D eigenvalue weighted by atomic mass is 15.1. The summed E-state index contributed by atoms with van der Waals surface area (Å²) in [5, 5.41) is 3.44. The second-order valence-corrected chi connectivity index (χ2v) is 4.36. The first kappa shape index (κ1) is 11.0. The van der Waals surface area contributed by atoms with Crippen molar-refractivity contribution in [1.82, 2.24) is 5.32 Å². The SMILES string of the molecule is NC(N)=NCC1(Cc2ccccc2)CCN1. The van der Waals surface area contributed by atoms with Crippen molar-refractivity contribution < 1.29 is 0 Å². The summed E-state index contributed by atoms with van der Waals surface area (Å²) in [6, 6.07) is 10.4. The molecular formula is C12H18N4. The van der Waals surface area contributed by atoms with E-state index >= 15 is 0 Å². The Hall–Kier alpha value is -1.55. The van der Waals surface area contributed by atoms with Crippen LogP contribution in [0.2, 0.25) is 0 Å². The number of hydrogen-bond acceptors (Lipinski definition) is 2. The molecule has 1 heterocycles. The molecule has 2 rings (SSSR count). The third-order valence-corrected chi connectivity index (χ3v) is 3.05. The van der Waals surface area contributed by atoms with Crippen molar-refractivity contribution in [2.24, 2.45) is 16.5 Å². The van der Waals surface area contributed by atoms with E-state index < -0.39 is 0 Å². The first-order valence-electron chi connectivity index (χ1n) is 5.55. The Kier molecular flexibility index (Phi) is 3.10. The van der Waals surface area contributed by atoms with Gasteiger partial charge < -0.3 is 16.8 Å². The molecule has 1 aliphatic heterocycles. The van der Waals surface area contributed by atoms with E-state index in [0.717, 1.165) is 19.4 Å². The highest BCUT2D eigenvalue weighted by Crippen LogP contribution is 2.24. The van der Waals surface area contributed by atoms with Gasteiger partial charge in [0.15, 0.2) is 5.96 Å². The Bertz CT molecular complexity index is 364. The van der Waals surface area contributed by atoms with Crippen molar-refractivity contribution in [3.05, 3.63) is 35.9 Å². The Morgan fingerprint density at radius 3 is 2.50 bits per heavy atom. The van der Waals surface area contributed by atoms with Crippen molar-refractivity contribution in [2.75, 3.05) is 13.1 Å². The van der Waals surface area contributed by atoms with Crippen molar-refractivity contribution in [3.8, 4) is 0 Å². The fourth-order valence-corrected chi connectivity index (χ4v) is 2.05. The number of guanidine groups is 1. The van der Waals surface area contributed by atoms with Gasteiger partial charge in [-0.25, -0.2) is 0 Å². The highest BCUT2D eigenvalue weighted by molar-refractivity contribution is 5.75. The largest absolute Gasteiger partial charge is 0.370 e. The molecule has 5 N–H and O–H groups in total.